The van der Waals surface area contributed by atoms with Gasteiger partial charge in [-0.25, -0.2) is 0 Å². The number of rotatable bonds is 7. The second kappa shape index (κ2) is 9.60. The number of nitrogens with zero attached hydrogens (tertiary/aromatic N) is 1. The number of anilines is 1. The molecule has 0 saturated carbocycles. The van der Waals surface area contributed by atoms with E-state index in [9.17, 15) is 4.79 Å². The number of ether oxygens (including phenoxy) is 1. The minimum Gasteiger partial charge on any atom is -0.493 e. The minimum absolute atomic E-state index is 0.0178. The first-order chi connectivity index (χ1) is 16.6. The smallest absolute Gasteiger partial charge is 0.258 e. The van der Waals surface area contributed by atoms with Crippen molar-refractivity contribution in [1.29, 1.82) is 0 Å². The van der Waals surface area contributed by atoms with E-state index >= 15 is 0 Å². The van der Waals surface area contributed by atoms with Gasteiger partial charge < -0.3 is 15.0 Å². The van der Waals surface area contributed by atoms with Gasteiger partial charge in [-0.05, 0) is 46.9 Å². The van der Waals surface area contributed by atoms with Crippen LogP contribution in [0.3, 0.4) is 0 Å². The lowest BCUT2D eigenvalue weighted by molar-refractivity contribution is 0.0665. The van der Waals surface area contributed by atoms with Crippen molar-refractivity contribution in [3.8, 4) is 5.75 Å². The van der Waals surface area contributed by atoms with E-state index in [0.29, 0.717) is 24.6 Å². The quantitative estimate of drug-likeness (QED) is 0.329. The SMILES string of the molecule is CC(C)CCOc1ccc2ccccc2c1C1Nc2ccccc2C(=O)N1Cc1ccccc1. The Balaban J connectivity index is 1.64. The average Bonchev–Trinajstić information content (AvgIpc) is 2.86. The number of amides is 1. The molecule has 4 heteroatoms. The van der Waals surface area contributed by atoms with Gasteiger partial charge in [-0.15, -0.1) is 0 Å². The van der Waals surface area contributed by atoms with Crippen LogP contribution >= 0.6 is 0 Å². The molecule has 4 aromatic carbocycles. The second-order valence-electron chi connectivity index (χ2n) is 9.24. The lowest BCUT2D eigenvalue weighted by atomic mass is 9.96. The van der Waals surface area contributed by atoms with Crippen molar-refractivity contribution in [2.75, 3.05) is 11.9 Å². The van der Waals surface area contributed by atoms with Gasteiger partial charge in [0.1, 0.15) is 11.9 Å². The number of nitrogens with one attached hydrogen (secondary N) is 1. The Bertz CT molecular complexity index is 1300. The number of benzene rings is 4. The van der Waals surface area contributed by atoms with Crippen LogP contribution in [-0.4, -0.2) is 17.4 Å². The van der Waals surface area contributed by atoms with Crippen molar-refractivity contribution in [3.63, 3.8) is 0 Å². The fourth-order valence-corrected chi connectivity index (χ4v) is 4.55. The van der Waals surface area contributed by atoms with Crippen molar-refractivity contribution >= 4 is 22.4 Å². The lowest BCUT2D eigenvalue weighted by Gasteiger charge is -2.39. The molecule has 5 rings (SSSR count). The van der Waals surface area contributed by atoms with Gasteiger partial charge in [0.2, 0.25) is 0 Å². The molecule has 34 heavy (non-hydrogen) atoms. The summed E-state index contributed by atoms with van der Waals surface area (Å²) in [5.74, 6) is 1.39. The maximum absolute atomic E-state index is 13.8. The molecule has 1 heterocycles. The summed E-state index contributed by atoms with van der Waals surface area (Å²) in [5, 5.41) is 5.89. The Morgan fingerprint density at radius 1 is 0.882 bits per heavy atom. The van der Waals surface area contributed by atoms with Gasteiger partial charge in [-0.3, -0.25) is 4.79 Å². The van der Waals surface area contributed by atoms with Crippen LogP contribution in [0.4, 0.5) is 5.69 Å². The van der Waals surface area contributed by atoms with E-state index in [1.54, 1.807) is 0 Å². The molecule has 0 spiro atoms. The van der Waals surface area contributed by atoms with E-state index in [4.69, 9.17) is 4.74 Å². The van der Waals surface area contributed by atoms with Crippen molar-refractivity contribution < 1.29 is 9.53 Å². The number of fused-ring (bicyclic) bond motifs is 2. The third-order valence-corrected chi connectivity index (χ3v) is 6.37. The Hall–Kier alpha value is -3.79. The highest BCUT2D eigenvalue weighted by Crippen LogP contribution is 2.41. The Labute approximate surface area is 201 Å². The topological polar surface area (TPSA) is 41.6 Å². The number of hydrogen-bond acceptors (Lipinski definition) is 3. The summed E-state index contributed by atoms with van der Waals surface area (Å²) in [6, 6.07) is 30.4. The highest BCUT2D eigenvalue weighted by molar-refractivity contribution is 6.02. The highest BCUT2D eigenvalue weighted by atomic mass is 16.5. The van der Waals surface area contributed by atoms with Gasteiger partial charge in [-0.2, -0.15) is 0 Å². The van der Waals surface area contributed by atoms with Gasteiger partial charge in [0.15, 0.2) is 0 Å². The highest BCUT2D eigenvalue weighted by Gasteiger charge is 2.35. The molecule has 1 amide bonds. The van der Waals surface area contributed by atoms with E-state index in [-0.39, 0.29) is 12.1 Å². The van der Waals surface area contributed by atoms with E-state index in [1.807, 2.05) is 65.6 Å². The molecule has 0 aliphatic carbocycles. The second-order valence-corrected chi connectivity index (χ2v) is 9.24. The van der Waals surface area contributed by atoms with Gasteiger partial charge in [0.05, 0.1) is 12.2 Å². The molecule has 0 aromatic heterocycles. The van der Waals surface area contributed by atoms with Crippen LogP contribution in [0.15, 0.2) is 91.0 Å². The van der Waals surface area contributed by atoms with Crippen LogP contribution in [0.25, 0.3) is 10.8 Å². The first-order valence-corrected chi connectivity index (χ1v) is 12.0. The molecule has 1 unspecified atom stereocenters. The Morgan fingerprint density at radius 2 is 1.62 bits per heavy atom. The molecule has 0 radical (unpaired) electrons. The van der Waals surface area contributed by atoms with Crippen molar-refractivity contribution in [2.45, 2.75) is 33.0 Å². The summed E-state index contributed by atoms with van der Waals surface area (Å²) >= 11 is 0. The van der Waals surface area contributed by atoms with Gasteiger partial charge >= 0.3 is 0 Å². The standard InChI is InChI=1S/C30H30N2O2/c1-21(2)18-19-34-27-17-16-23-12-6-7-13-24(23)28(27)29-31-26-15-9-8-14-25(26)30(33)32(29)20-22-10-4-3-5-11-22/h3-17,21,29,31H,18-20H2,1-2H3. The predicted molar refractivity (Wildman–Crippen MR) is 138 cm³/mol. The summed E-state index contributed by atoms with van der Waals surface area (Å²) < 4.78 is 6.35. The summed E-state index contributed by atoms with van der Waals surface area (Å²) in [7, 11) is 0. The molecule has 0 saturated heterocycles. The van der Waals surface area contributed by atoms with Crippen LogP contribution < -0.4 is 10.1 Å². The first-order valence-electron chi connectivity index (χ1n) is 12.0. The van der Waals surface area contributed by atoms with E-state index in [0.717, 1.165) is 39.8 Å². The van der Waals surface area contributed by atoms with E-state index in [1.165, 1.54) is 0 Å². The Morgan fingerprint density at radius 3 is 2.44 bits per heavy atom. The van der Waals surface area contributed by atoms with Gasteiger partial charge in [0, 0.05) is 17.8 Å². The molecule has 1 atom stereocenters. The molecule has 4 nitrogen and oxygen atoms in total. The normalized spacial score (nSPS) is 15.3. The van der Waals surface area contributed by atoms with Crippen molar-refractivity contribution in [3.05, 3.63) is 108 Å². The number of carbonyl (C=O) groups excluding carboxylic acids is 1. The van der Waals surface area contributed by atoms with Crippen molar-refractivity contribution in [2.24, 2.45) is 5.92 Å². The number of carbonyl (C=O) groups is 1. The zero-order valence-corrected chi connectivity index (χ0v) is 19.7. The van der Waals surface area contributed by atoms with Crippen LogP contribution in [-0.2, 0) is 6.54 Å². The van der Waals surface area contributed by atoms with Gasteiger partial charge in [-0.1, -0.05) is 86.6 Å². The van der Waals surface area contributed by atoms with Crippen LogP contribution in [0.2, 0.25) is 0 Å². The largest absolute Gasteiger partial charge is 0.493 e. The molecule has 0 bridgehead atoms. The molecular weight excluding hydrogens is 420 g/mol. The number of para-hydroxylation sites is 1. The molecule has 1 aliphatic heterocycles. The zero-order chi connectivity index (χ0) is 23.5. The predicted octanol–water partition coefficient (Wildman–Crippen LogP) is 7.03. The summed E-state index contributed by atoms with van der Waals surface area (Å²) in [4.78, 5) is 15.7. The molecule has 4 aromatic rings. The van der Waals surface area contributed by atoms with E-state index in [2.05, 4.69) is 49.5 Å². The van der Waals surface area contributed by atoms with Crippen LogP contribution in [0.1, 0.15) is 47.9 Å². The summed E-state index contributed by atoms with van der Waals surface area (Å²) in [6.45, 7) is 5.54. The molecular formula is C30H30N2O2. The maximum Gasteiger partial charge on any atom is 0.258 e. The molecule has 0 fully saturated rings. The third kappa shape index (κ3) is 4.36. The molecule has 172 valence electrons. The fraction of sp³-hybridized carbons (Fsp3) is 0.233. The summed E-state index contributed by atoms with van der Waals surface area (Å²) in [6.07, 6.45) is 0.614. The van der Waals surface area contributed by atoms with Crippen molar-refractivity contribution in [1.82, 2.24) is 4.90 Å². The van der Waals surface area contributed by atoms with Gasteiger partial charge in [0.25, 0.3) is 5.91 Å². The number of hydrogen-bond donors (Lipinski definition) is 1. The monoisotopic (exact) mass is 450 g/mol. The maximum atomic E-state index is 13.8. The first kappa shape index (κ1) is 22.0. The third-order valence-electron chi connectivity index (χ3n) is 6.37. The average molecular weight is 451 g/mol. The van der Waals surface area contributed by atoms with E-state index < -0.39 is 0 Å². The van der Waals surface area contributed by atoms with Crippen LogP contribution in [0.5, 0.6) is 5.75 Å². The molecule has 1 N–H and O–H groups in total. The zero-order valence-electron chi connectivity index (χ0n) is 19.7. The lowest BCUT2D eigenvalue weighted by Crippen LogP contribution is -2.42. The van der Waals surface area contributed by atoms with Crippen LogP contribution in [0, 0.1) is 5.92 Å². The minimum atomic E-state index is -0.359. The fourth-order valence-electron chi connectivity index (χ4n) is 4.55. The summed E-state index contributed by atoms with van der Waals surface area (Å²) in [5.41, 5.74) is 3.63. The Kier molecular flexibility index (Phi) is 6.22. The molecule has 1 aliphatic rings.